The maximum atomic E-state index is 11.6. The summed E-state index contributed by atoms with van der Waals surface area (Å²) in [5.41, 5.74) is 5.36. The molecule has 0 radical (unpaired) electrons. The summed E-state index contributed by atoms with van der Waals surface area (Å²) < 4.78 is 1.99. The molecule has 4 aromatic rings. The predicted octanol–water partition coefficient (Wildman–Crippen LogP) is 3.82. The Morgan fingerprint density at radius 1 is 1.23 bits per heavy atom. The van der Waals surface area contributed by atoms with Crippen molar-refractivity contribution < 1.29 is 9.72 Å². The molecule has 0 aliphatic carbocycles. The first-order valence-electron chi connectivity index (χ1n) is 9.43. The summed E-state index contributed by atoms with van der Waals surface area (Å²) in [6.07, 6.45) is 8.78. The summed E-state index contributed by atoms with van der Waals surface area (Å²) in [6.45, 7) is 0. The Hall–Kier alpha value is -4.20. The van der Waals surface area contributed by atoms with Gasteiger partial charge in [-0.1, -0.05) is 12.1 Å². The molecule has 1 aromatic carbocycles. The lowest BCUT2D eigenvalue weighted by atomic mass is 10.1. The van der Waals surface area contributed by atoms with Crippen LogP contribution >= 0.6 is 0 Å². The van der Waals surface area contributed by atoms with Gasteiger partial charge >= 0.3 is 0 Å². The van der Waals surface area contributed by atoms with Gasteiger partial charge in [-0.3, -0.25) is 10.1 Å². The molecule has 30 heavy (non-hydrogen) atoms. The second-order valence-electron chi connectivity index (χ2n) is 7.15. The Balaban J connectivity index is 1.56. The highest BCUT2D eigenvalue weighted by Gasteiger charge is 2.23. The van der Waals surface area contributed by atoms with Crippen molar-refractivity contribution in [3.05, 3.63) is 88.6 Å². The number of carbonyl (C=O) groups is 1. The normalized spacial score (nSPS) is 15.3. The number of pyridine rings is 1. The van der Waals surface area contributed by atoms with Gasteiger partial charge in [-0.15, -0.1) is 0 Å². The largest absolute Gasteiger partial charge is 0.375 e. The van der Waals surface area contributed by atoms with Gasteiger partial charge < -0.3 is 19.7 Å². The van der Waals surface area contributed by atoms with Crippen LogP contribution in [-0.2, 0) is 11.2 Å². The lowest BCUT2D eigenvalue weighted by molar-refractivity contribution is -0.384. The molecule has 4 heterocycles. The highest BCUT2D eigenvalue weighted by molar-refractivity contribution is 5.94. The third-order valence-corrected chi connectivity index (χ3v) is 5.31. The van der Waals surface area contributed by atoms with Crippen LogP contribution < -0.4 is 5.32 Å². The Kier molecular flexibility index (Phi) is 4.17. The molecule has 1 aliphatic heterocycles. The summed E-state index contributed by atoms with van der Waals surface area (Å²) >= 11 is 0. The van der Waals surface area contributed by atoms with E-state index in [0.29, 0.717) is 6.42 Å². The standard InChI is InChI=1S/C22H17N5O3/c28-13-20-21-9-15(19-11-25-22-18(19)5-2-6-23-22)12-26(21)17(10-24-20)8-14-3-1-4-16(7-14)27(29)30/h1-7,9-13,20,24H,8H2,(H,23,25). The molecule has 5 rings (SSSR count). The minimum Gasteiger partial charge on any atom is -0.375 e. The van der Waals surface area contributed by atoms with Gasteiger partial charge in [0, 0.05) is 65.6 Å². The number of rotatable bonds is 5. The fourth-order valence-electron chi connectivity index (χ4n) is 3.89. The van der Waals surface area contributed by atoms with E-state index in [0.717, 1.165) is 45.4 Å². The van der Waals surface area contributed by atoms with Crippen LogP contribution in [0.4, 0.5) is 5.69 Å². The van der Waals surface area contributed by atoms with E-state index in [9.17, 15) is 14.9 Å². The van der Waals surface area contributed by atoms with E-state index < -0.39 is 11.0 Å². The van der Waals surface area contributed by atoms with Crippen molar-refractivity contribution in [2.24, 2.45) is 0 Å². The maximum absolute atomic E-state index is 11.6. The van der Waals surface area contributed by atoms with Gasteiger partial charge in [0.25, 0.3) is 5.69 Å². The average molecular weight is 399 g/mol. The Labute approximate surface area is 171 Å². The topological polar surface area (TPSA) is 106 Å². The second kappa shape index (κ2) is 7.00. The number of nitro benzene ring substituents is 1. The van der Waals surface area contributed by atoms with Crippen LogP contribution in [0.15, 0.2) is 67.3 Å². The molecule has 1 aliphatic rings. The molecule has 8 nitrogen and oxygen atoms in total. The first-order valence-corrected chi connectivity index (χ1v) is 9.43. The molecule has 0 amide bonds. The van der Waals surface area contributed by atoms with Crippen molar-refractivity contribution in [2.75, 3.05) is 0 Å². The number of fused-ring (bicyclic) bond motifs is 2. The summed E-state index contributed by atoms with van der Waals surface area (Å²) in [5, 5.41) is 15.2. The van der Waals surface area contributed by atoms with E-state index in [4.69, 9.17) is 0 Å². The highest BCUT2D eigenvalue weighted by atomic mass is 16.6. The number of hydrogen-bond acceptors (Lipinski definition) is 5. The number of H-pyrrole nitrogens is 1. The van der Waals surface area contributed by atoms with E-state index in [2.05, 4.69) is 15.3 Å². The van der Waals surface area contributed by atoms with Gasteiger partial charge in [0.05, 0.1) is 10.6 Å². The van der Waals surface area contributed by atoms with E-state index in [1.54, 1.807) is 24.5 Å². The zero-order chi connectivity index (χ0) is 20.7. The number of aldehydes is 1. The number of nitrogens with one attached hydrogen (secondary N) is 2. The number of allylic oxidation sites excluding steroid dienone is 1. The second-order valence-corrected chi connectivity index (χ2v) is 7.15. The van der Waals surface area contributed by atoms with E-state index in [1.165, 1.54) is 6.07 Å². The molecule has 0 fully saturated rings. The fourth-order valence-corrected chi connectivity index (χ4v) is 3.89. The number of benzene rings is 1. The minimum absolute atomic E-state index is 0.0577. The minimum atomic E-state index is -0.462. The molecule has 8 heteroatoms. The molecular weight excluding hydrogens is 382 g/mol. The fraction of sp³-hybridized carbons (Fsp3) is 0.0909. The highest BCUT2D eigenvalue weighted by Crippen LogP contribution is 2.34. The molecule has 1 atom stereocenters. The van der Waals surface area contributed by atoms with Crippen molar-refractivity contribution in [1.82, 2.24) is 19.9 Å². The predicted molar refractivity (Wildman–Crippen MR) is 113 cm³/mol. The molecular formula is C22H17N5O3. The number of aromatic amines is 1. The monoisotopic (exact) mass is 399 g/mol. The number of hydrogen-bond donors (Lipinski definition) is 2. The van der Waals surface area contributed by atoms with Crippen molar-refractivity contribution in [3.63, 3.8) is 0 Å². The van der Waals surface area contributed by atoms with Gasteiger partial charge in [-0.2, -0.15) is 0 Å². The molecule has 2 N–H and O–H groups in total. The van der Waals surface area contributed by atoms with E-state index in [-0.39, 0.29) is 5.69 Å². The molecule has 0 saturated carbocycles. The van der Waals surface area contributed by atoms with Gasteiger partial charge in [-0.05, 0) is 23.8 Å². The third-order valence-electron chi connectivity index (χ3n) is 5.31. The van der Waals surface area contributed by atoms with Crippen molar-refractivity contribution in [2.45, 2.75) is 12.5 Å². The third kappa shape index (κ3) is 2.95. The van der Waals surface area contributed by atoms with E-state index in [1.807, 2.05) is 41.2 Å². The first-order chi connectivity index (χ1) is 14.6. The van der Waals surface area contributed by atoms with Crippen LogP contribution in [0.2, 0.25) is 0 Å². The Bertz CT molecular complexity index is 1320. The van der Waals surface area contributed by atoms with Gasteiger partial charge in [0.2, 0.25) is 0 Å². The molecule has 0 spiro atoms. The summed E-state index contributed by atoms with van der Waals surface area (Å²) in [4.78, 5) is 29.8. The lowest BCUT2D eigenvalue weighted by Gasteiger charge is -2.23. The van der Waals surface area contributed by atoms with Crippen molar-refractivity contribution in [1.29, 1.82) is 0 Å². The van der Waals surface area contributed by atoms with Gasteiger partial charge in [0.1, 0.15) is 18.0 Å². The van der Waals surface area contributed by atoms with Crippen LogP contribution in [0.25, 0.3) is 27.9 Å². The maximum Gasteiger partial charge on any atom is 0.269 e. The lowest BCUT2D eigenvalue weighted by Crippen LogP contribution is -2.26. The quantitative estimate of drug-likeness (QED) is 0.301. The molecule has 0 bridgehead atoms. The number of nitrogens with zero attached hydrogens (tertiary/aromatic N) is 3. The molecule has 0 saturated heterocycles. The molecule has 148 valence electrons. The Morgan fingerprint density at radius 3 is 2.97 bits per heavy atom. The number of nitro groups is 1. The zero-order valence-corrected chi connectivity index (χ0v) is 15.8. The summed E-state index contributed by atoms with van der Waals surface area (Å²) in [6, 6.07) is 12.0. The van der Waals surface area contributed by atoms with Crippen LogP contribution in [0.5, 0.6) is 0 Å². The first kappa shape index (κ1) is 17.9. The van der Waals surface area contributed by atoms with E-state index >= 15 is 0 Å². The van der Waals surface area contributed by atoms with Crippen LogP contribution in [0.3, 0.4) is 0 Å². The molecule has 3 aromatic heterocycles. The zero-order valence-electron chi connectivity index (χ0n) is 15.8. The molecule has 1 unspecified atom stereocenters. The number of carbonyl (C=O) groups excluding carboxylic acids is 1. The number of non-ortho nitro benzene ring substituents is 1. The van der Waals surface area contributed by atoms with Crippen LogP contribution in [-0.4, -0.2) is 25.7 Å². The average Bonchev–Trinajstić information content (AvgIpc) is 3.39. The summed E-state index contributed by atoms with van der Waals surface area (Å²) in [7, 11) is 0. The number of aromatic nitrogens is 3. The smallest absolute Gasteiger partial charge is 0.269 e. The van der Waals surface area contributed by atoms with Crippen molar-refractivity contribution >= 4 is 28.7 Å². The van der Waals surface area contributed by atoms with Gasteiger partial charge in [0.15, 0.2) is 0 Å². The Morgan fingerprint density at radius 2 is 2.13 bits per heavy atom. The van der Waals surface area contributed by atoms with Gasteiger partial charge in [-0.25, -0.2) is 4.98 Å². The summed E-state index contributed by atoms with van der Waals surface area (Å²) in [5.74, 6) is 0. The van der Waals surface area contributed by atoms with Crippen LogP contribution in [0, 0.1) is 10.1 Å². The SMILES string of the molecule is O=CC1NC=C(Cc2cccc([N+](=O)[O-])c2)n2cc(-c3c[nH]c4ncccc34)cc21. The van der Waals surface area contributed by atoms with Crippen molar-refractivity contribution in [3.8, 4) is 11.1 Å². The van der Waals surface area contributed by atoms with Crippen LogP contribution in [0.1, 0.15) is 17.3 Å².